The number of amides is 3. The Morgan fingerprint density at radius 3 is 2.51 bits per heavy atom. The molecule has 2 fully saturated rings. The molecule has 0 aliphatic carbocycles. The average molecular weight is 529 g/mol. The quantitative estimate of drug-likeness (QED) is 0.434. The molecule has 2 saturated heterocycles. The number of imide groups is 1. The minimum absolute atomic E-state index is 0.176. The Kier molecular flexibility index (Phi) is 7.31. The van der Waals surface area contributed by atoms with Crippen LogP contribution in [-0.4, -0.2) is 65.7 Å². The molecule has 2 aliphatic heterocycles. The molecule has 0 aromatic heterocycles. The largest absolute Gasteiger partial charge is 0.495 e. The Morgan fingerprint density at radius 1 is 1.15 bits per heavy atom. The van der Waals surface area contributed by atoms with E-state index in [1.807, 2.05) is 29.2 Å². The number of likely N-dealkylation sites (tertiary alicyclic amines) is 2. The summed E-state index contributed by atoms with van der Waals surface area (Å²) in [5.74, 6) is -0.568. The Balaban J connectivity index is 1.47. The average Bonchev–Trinajstić information content (AvgIpc) is 3.54. The molecule has 0 saturated carbocycles. The molecular weight excluding hydrogens is 499 g/mol. The molecule has 1 unspecified atom stereocenters. The third kappa shape index (κ3) is 4.95. The van der Waals surface area contributed by atoms with Crippen LogP contribution in [0.5, 0.6) is 5.75 Å². The topological polar surface area (TPSA) is 93.9 Å². The zero-order valence-corrected chi connectivity index (χ0v) is 21.9. The summed E-state index contributed by atoms with van der Waals surface area (Å²) in [5, 5.41) is 11.5. The normalized spacial score (nSPS) is 18.4. The molecule has 9 heteroatoms. The van der Waals surface area contributed by atoms with Gasteiger partial charge in [0.25, 0.3) is 0 Å². The van der Waals surface area contributed by atoms with E-state index in [2.05, 4.69) is 6.07 Å². The van der Waals surface area contributed by atoms with Crippen LogP contribution in [0.4, 0.5) is 4.39 Å². The number of rotatable bonds is 7. The molecule has 2 aliphatic rings. The molecule has 39 heavy (non-hydrogen) atoms. The van der Waals surface area contributed by atoms with E-state index in [9.17, 15) is 24.0 Å². The predicted octanol–water partition coefficient (Wildman–Crippen LogP) is 3.78. The van der Waals surface area contributed by atoms with Gasteiger partial charge in [-0.25, -0.2) is 4.39 Å². The van der Waals surface area contributed by atoms with Crippen molar-refractivity contribution in [2.75, 3.05) is 27.2 Å². The van der Waals surface area contributed by atoms with Gasteiger partial charge in [-0.2, -0.15) is 5.26 Å². The SMILES string of the molecule is COc1c(C#N)cc2ccccc2c1CN(C)C(=O)C(c1ccc(F)cc1)N1CC[C@H](N2C(=O)CCC2=O)C1. The number of hydrogen-bond donors (Lipinski definition) is 0. The van der Waals surface area contributed by atoms with Crippen molar-refractivity contribution in [2.24, 2.45) is 0 Å². The van der Waals surface area contributed by atoms with Crippen LogP contribution in [0.25, 0.3) is 10.8 Å². The van der Waals surface area contributed by atoms with Crippen molar-refractivity contribution in [2.45, 2.75) is 37.9 Å². The summed E-state index contributed by atoms with van der Waals surface area (Å²) in [7, 11) is 3.19. The number of methoxy groups -OCH3 is 1. The first-order valence-electron chi connectivity index (χ1n) is 12.9. The van der Waals surface area contributed by atoms with Crippen LogP contribution < -0.4 is 4.74 Å². The van der Waals surface area contributed by atoms with E-state index in [0.717, 1.165) is 10.8 Å². The second kappa shape index (κ2) is 10.8. The van der Waals surface area contributed by atoms with Crippen LogP contribution in [0.1, 0.15) is 42.0 Å². The Morgan fingerprint density at radius 2 is 1.85 bits per heavy atom. The number of nitriles is 1. The minimum atomic E-state index is -0.746. The van der Waals surface area contributed by atoms with Gasteiger partial charge in [-0.3, -0.25) is 24.2 Å². The lowest BCUT2D eigenvalue weighted by Crippen LogP contribution is -2.44. The first kappa shape index (κ1) is 26.3. The predicted molar refractivity (Wildman–Crippen MR) is 142 cm³/mol. The first-order valence-corrected chi connectivity index (χ1v) is 12.9. The van der Waals surface area contributed by atoms with Crippen molar-refractivity contribution in [3.05, 3.63) is 77.1 Å². The number of carbonyl (C=O) groups is 3. The van der Waals surface area contributed by atoms with Gasteiger partial charge in [0.05, 0.1) is 18.7 Å². The third-order valence-electron chi connectivity index (χ3n) is 7.64. The zero-order chi connectivity index (χ0) is 27.7. The van der Waals surface area contributed by atoms with Gasteiger partial charge in [-0.15, -0.1) is 0 Å². The highest BCUT2D eigenvalue weighted by Gasteiger charge is 2.42. The molecule has 200 valence electrons. The van der Waals surface area contributed by atoms with Crippen LogP contribution in [0.3, 0.4) is 0 Å². The van der Waals surface area contributed by atoms with E-state index < -0.39 is 11.9 Å². The summed E-state index contributed by atoms with van der Waals surface area (Å²) < 4.78 is 19.4. The van der Waals surface area contributed by atoms with Gasteiger partial charge in [0.15, 0.2) is 0 Å². The molecule has 8 nitrogen and oxygen atoms in total. The highest BCUT2D eigenvalue weighted by molar-refractivity contribution is 6.02. The zero-order valence-electron chi connectivity index (χ0n) is 21.9. The van der Waals surface area contributed by atoms with E-state index in [1.54, 1.807) is 30.1 Å². The Labute approximate surface area is 226 Å². The fourth-order valence-electron chi connectivity index (χ4n) is 5.77. The van der Waals surface area contributed by atoms with Crippen LogP contribution in [-0.2, 0) is 20.9 Å². The number of halogens is 1. The van der Waals surface area contributed by atoms with Crippen molar-refractivity contribution >= 4 is 28.5 Å². The molecule has 3 aromatic rings. The molecule has 5 rings (SSSR count). The molecule has 2 atom stereocenters. The van der Waals surface area contributed by atoms with Gasteiger partial charge in [-0.05, 0) is 41.0 Å². The minimum Gasteiger partial charge on any atom is -0.495 e. The van der Waals surface area contributed by atoms with Crippen molar-refractivity contribution < 1.29 is 23.5 Å². The number of fused-ring (bicyclic) bond motifs is 1. The van der Waals surface area contributed by atoms with Crippen molar-refractivity contribution in [1.29, 1.82) is 5.26 Å². The summed E-state index contributed by atoms with van der Waals surface area (Å²) in [4.78, 5) is 43.7. The highest BCUT2D eigenvalue weighted by atomic mass is 19.1. The van der Waals surface area contributed by atoms with E-state index >= 15 is 0 Å². The standard InChI is InChI=1S/C30H29FN4O4/c1-33(18-25-24-6-4-3-5-20(24)15-21(16-32)29(25)39-2)30(38)28(19-7-9-22(31)10-8-19)34-14-13-23(17-34)35-26(36)11-12-27(35)37/h3-10,15,23,28H,11-14,17-18H2,1-2H3/t23-,28?/m0/s1. The molecule has 0 N–H and O–H groups in total. The fraction of sp³-hybridized carbons (Fsp3) is 0.333. The van der Waals surface area contributed by atoms with Crippen LogP contribution in [0.2, 0.25) is 0 Å². The second-order valence-electron chi connectivity index (χ2n) is 10.0. The lowest BCUT2D eigenvalue weighted by molar-refractivity contribution is -0.140. The van der Waals surface area contributed by atoms with Gasteiger partial charge in [-0.1, -0.05) is 36.4 Å². The van der Waals surface area contributed by atoms with Crippen molar-refractivity contribution in [3.8, 4) is 11.8 Å². The molecule has 0 spiro atoms. The molecule has 0 bridgehead atoms. The molecule has 0 radical (unpaired) electrons. The molecule has 2 heterocycles. The number of likely N-dealkylation sites (N-methyl/N-ethyl adjacent to an activating group) is 1. The maximum atomic E-state index is 14.1. The van der Waals surface area contributed by atoms with Crippen LogP contribution in [0, 0.1) is 17.1 Å². The maximum Gasteiger partial charge on any atom is 0.244 e. The van der Waals surface area contributed by atoms with Crippen molar-refractivity contribution in [1.82, 2.24) is 14.7 Å². The van der Waals surface area contributed by atoms with Crippen molar-refractivity contribution in [3.63, 3.8) is 0 Å². The number of ether oxygens (including phenoxy) is 1. The van der Waals surface area contributed by atoms with E-state index in [0.29, 0.717) is 42.0 Å². The number of benzene rings is 3. The smallest absolute Gasteiger partial charge is 0.244 e. The monoisotopic (exact) mass is 528 g/mol. The maximum absolute atomic E-state index is 14.1. The van der Waals surface area contributed by atoms with Gasteiger partial charge in [0.2, 0.25) is 17.7 Å². The number of carbonyl (C=O) groups excluding carboxylic acids is 3. The number of nitrogens with zero attached hydrogens (tertiary/aromatic N) is 4. The van der Waals surface area contributed by atoms with Gasteiger partial charge in [0, 0.05) is 45.1 Å². The number of hydrogen-bond acceptors (Lipinski definition) is 6. The molecule has 3 aromatic carbocycles. The Hall–Kier alpha value is -4.29. The van der Waals surface area contributed by atoms with Crippen LogP contribution >= 0.6 is 0 Å². The van der Waals surface area contributed by atoms with Gasteiger partial charge >= 0.3 is 0 Å². The third-order valence-corrected chi connectivity index (χ3v) is 7.64. The summed E-state index contributed by atoms with van der Waals surface area (Å²) in [6.45, 7) is 1.03. The Bertz CT molecular complexity index is 1470. The summed E-state index contributed by atoms with van der Waals surface area (Å²) in [6, 6.07) is 16.4. The lowest BCUT2D eigenvalue weighted by atomic mass is 9.98. The van der Waals surface area contributed by atoms with E-state index in [1.165, 1.54) is 24.1 Å². The summed E-state index contributed by atoms with van der Waals surface area (Å²) in [5.41, 5.74) is 1.72. The van der Waals surface area contributed by atoms with Crippen LogP contribution in [0.15, 0.2) is 54.6 Å². The van der Waals surface area contributed by atoms with Gasteiger partial charge in [0.1, 0.15) is 23.7 Å². The second-order valence-corrected chi connectivity index (χ2v) is 10.0. The van der Waals surface area contributed by atoms with E-state index in [4.69, 9.17) is 4.74 Å². The summed E-state index contributed by atoms with van der Waals surface area (Å²) >= 11 is 0. The van der Waals surface area contributed by atoms with Gasteiger partial charge < -0.3 is 9.64 Å². The molecular formula is C30H29FN4O4. The fourth-order valence-corrected chi connectivity index (χ4v) is 5.77. The highest BCUT2D eigenvalue weighted by Crippen LogP contribution is 2.35. The lowest BCUT2D eigenvalue weighted by Gasteiger charge is -2.32. The van der Waals surface area contributed by atoms with E-state index in [-0.39, 0.29) is 43.1 Å². The first-order chi connectivity index (χ1) is 18.8. The summed E-state index contributed by atoms with van der Waals surface area (Å²) in [6.07, 6.45) is 1.00. The molecule has 3 amide bonds.